The van der Waals surface area contributed by atoms with Gasteiger partial charge in [0.15, 0.2) is 0 Å². The molecule has 10 heteroatoms. The van der Waals surface area contributed by atoms with Crippen LogP contribution in [-0.2, 0) is 0 Å². The number of carbonyl (C=O) groups excluding carboxylic acids is 1. The van der Waals surface area contributed by atoms with E-state index >= 15 is 0 Å². The van der Waals surface area contributed by atoms with Crippen LogP contribution in [0.3, 0.4) is 0 Å². The molecule has 1 amide bonds. The second-order valence-electron chi connectivity index (χ2n) is 6.13. The van der Waals surface area contributed by atoms with Crippen LogP contribution in [0.1, 0.15) is 13.8 Å². The Hall–Kier alpha value is -2.71. The minimum atomic E-state index is -0.928. The van der Waals surface area contributed by atoms with E-state index in [2.05, 4.69) is 5.10 Å². The van der Waals surface area contributed by atoms with Gasteiger partial charge in [0.05, 0.1) is 16.4 Å². The van der Waals surface area contributed by atoms with Crippen LogP contribution < -0.4 is 10.6 Å². The van der Waals surface area contributed by atoms with E-state index in [-0.39, 0.29) is 16.4 Å². The molecule has 1 heterocycles. The third-order valence-corrected chi connectivity index (χ3v) is 4.44. The van der Waals surface area contributed by atoms with Crippen LogP contribution in [0.25, 0.3) is 5.69 Å². The Morgan fingerprint density at radius 2 is 1.86 bits per heavy atom. The number of hydrogen-bond acceptors (Lipinski definition) is 3. The molecule has 0 aliphatic rings. The van der Waals surface area contributed by atoms with Gasteiger partial charge in [-0.15, -0.1) is 0 Å². The maximum atomic E-state index is 14.2. The van der Waals surface area contributed by atoms with Crippen molar-refractivity contribution < 1.29 is 13.6 Å². The van der Waals surface area contributed by atoms with Gasteiger partial charge in [-0.25, -0.2) is 18.4 Å². The molecule has 146 valence electrons. The van der Waals surface area contributed by atoms with E-state index in [4.69, 9.17) is 23.2 Å². The van der Waals surface area contributed by atoms with Crippen molar-refractivity contribution >= 4 is 34.9 Å². The van der Waals surface area contributed by atoms with Crippen molar-refractivity contribution in [1.29, 1.82) is 0 Å². The molecular formula is C18H14Cl2F2N4O2. The Kier molecular flexibility index (Phi) is 5.53. The molecule has 0 unspecified atom stereocenters. The zero-order valence-electron chi connectivity index (χ0n) is 14.7. The van der Waals surface area contributed by atoms with E-state index in [1.807, 2.05) is 0 Å². The number of anilines is 1. The number of carbonyl (C=O) groups is 1. The largest absolute Gasteiger partial charge is 0.358 e. The van der Waals surface area contributed by atoms with Crippen LogP contribution in [0.15, 0.2) is 47.5 Å². The summed E-state index contributed by atoms with van der Waals surface area (Å²) in [5.41, 5.74) is -0.736. The molecule has 2 aromatic carbocycles. The molecule has 0 saturated carbocycles. The van der Waals surface area contributed by atoms with Gasteiger partial charge in [0, 0.05) is 17.1 Å². The fraction of sp³-hybridized carbons (Fsp3) is 0.167. The van der Waals surface area contributed by atoms with Crippen molar-refractivity contribution in [1.82, 2.24) is 14.3 Å². The Balaban J connectivity index is 2.06. The Labute approximate surface area is 168 Å². The van der Waals surface area contributed by atoms with Crippen LogP contribution in [0.5, 0.6) is 0 Å². The predicted octanol–water partition coefficient (Wildman–Crippen LogP) is 4.50. The lowest BCUT2D eigenvalue weighted by Crippen LogP contribution is -2.44. The van der Waals surface area contributed by atoms with Crippen molar-refractivity contribution in [2.45, 2.75) is 19.9 Å². The number of hydrogen-bond donors (Lipinski definition) is 0. The van der Waals surface area contributed by atoms with Crippen molar-refractivity contribution in [2.75, 3.05) is 4.90 Å². The molecule has 0 N–H and O–H groups in total. The third kappa shape index (κ3) is 3.65. The molecule has 6 nitrogen and oxygen atoms in total. The molecule has 0 aliphatic carbocycles. The monoisotopic (exact) mass is 426 g/mol. The van der Waals surface area contributed by atoms with Crippen molar-refractivity contribution in [3.8, 4) is 5.69 Å². The van der Waals surface area contributed by atoms with Crippen LogP contribution in [0.4, 0.5) is 19.3 Å². The molecule has 0 spiro atoms. The van der Waals surface area contributed by atoms with E-state index in [9.17, 15) is 18.4 Å². The highest BCUT2D eigenvalue weighted by atomic mass is 35.5. The fourth-order valence-electron chi connectivity index (χ4n) is 2.65. The summed E-state index contributed by atoms with van der Waals surface area (Å²) < 4.78 is 29.1. The molecule has 1 aromatic heterocycles. The first-order valence-corrected chi connectivity index (χ1v) is 8.87. The molecule has 0 saturated heterocycles. The van der Waals surface area contributed by atoms with E-state index in [1.54, 1.807) is 13.8 Å². The highest BCUT2D eigenvalue weighted by molar-refractivity contribution is 6.35. The zero-order chi connectivity index (χ0) is 20.6. The molecule has 3 aromatic rings. The standard InChI is InChI=1S/C18H14Cl2F2N4O2/c1-10(2)25(16-6-4-12(21)8-14(16)22)17(27)24-9-23-26(18(24)28)15-5-3-11(19)7-13(15)20/h3-10H,1-2H3. The lowest BCUT2D eigenvalue weighted by atomic mass is 10.2. The topological polar surface area (TPSA) is 60.1 Å². The van der Waals surface area contributed by atoms with Gasteiger partial charge in [0.25, 0.3) is 0 Å². The highest BCUT2D eigenvalue weighted by Crippen LogP contribution is 2.24. The summed E-state index contributed by atoms with van der Waals surface area (Å²) in [6, 6.07) is 5.88. The number of aromatic nitrogens is 3. The Morgan fingerprint density at radius 1 is 1.14 bits per heavy atom. The molecule has 0 radical (unpaired) electrons. The van der Waals surface area contributed by atoms with Gasteiger partial charge in [-0.1, -0.05) is 23.2 Å². The van der Waals surface area contributed by atoms with Gasteiger partial charge in [-0.3, -0.25) is 4.90 Å². The summed E-state index contributed by atoms with van der Waals surface area (Å²) in [4.78, 5) is 26.7. The summed E-state index contributed by atoms with van der Waals surface area (Å²) in [5, 5.41) is 4.44. The number of nitrogens with zero attached hydrogens (tertiary/aromatic N) is 4. The summed E-state index contributed by atoms with van der Waals surface area (Å²) >= 11 is 11.9. The zero-order valence-corrected chi connectivity index (χ0v) is 16.2. The molecule has 0 bridgehead atoms. The van der Waals surface area contributed by atoms with E-state index < -0.39 is 29.4 Å². The van der Waals surface area contributed by atoms with Gasteiger partial charge in [-0.2, -0.15) is 14.3 Å². The lowest BCUT2D eigenvalue weighted by Gasteiger charge is -2.26. The van der Waals surface area contributed by atoms with Crippen LogP contribution in [0, 0.1) is 11.6 Å². The van der Waals surface area contributed by atoms with E-state index in [0.717, 1.165) is 28.0 Å². The maximum Gasteiger partial charge on any atom is 0.358 e. The van der Waals surface area contributed by atoms with Gasteiger partial charge in [0.1, 0.15) is 18.0 Å². The van der Waals surface area contributed by atoms with Gasteiger partial charge in [0.2, 0.25) is 0 Å². The number of amides is 1. The van der Waals surface area contributed by atoms with E-state index in [1.165, 1.54) is 18.2 Å². The van der Waals surface area contributed by atoms with Crippen molar-refractivity contribution in [3.63, 3.8) is 0 Å². The molecule has 0 fully saturated rings. The first kappa shape index (κ1) is 20.0. The molecule has 0 aliphatic heterocycles. The Bertz CT molecular complexity index is 1110. The lowest BCUT2D eigenvalue weighted by molar-refractivity contribution is 0.245. The number of rotatable bonds is 3. The van der Waals surface area contributed by atoms with Gasteiger partial charge < -0.3 is 0 Å². The van der Waals surface area contributed by atoms with E-state index in [0.29, 0.717) is 15.7 Å². The van der Waals surface area contributed by atoms with Gasteiger partial charge >= 0.3 is 11.7 Å². The minimum Gasteiger partial charge on any atom is -0.288 e. The molecular weight excluding hydrogens is 413 g/mol. The highest BCUT2D eigenvalue weighted by Gasteiger charge is 2.26. The van der Waals surface area contributed by atoms with Crippen molar-refractivity contribution in [3.05, 3.63) is 74.9 Å². The van der Waals surface area contributed by atoms with Gasteiger partial charge in [-0.05, 0) is 44.2 Å². The molecule has 0 atom stereocenters. The SMILES string of the molecule is CC(C)N(C(=O)n1cnn(-c2ccc(Cl)cc2Cl)c1=O)c1ccc(F)cc1F. The third-order valence-electron chi connectivity index (χ3n) is 3.91. The second-order valence-corrected chi connectivity index (χ2v) is 6.98. The minimum absolute atomic E-state index is 0.162. The molecule has 28 heavy (non-hydrogen) atoms. The molecule has 3 rings (SSSR count). The van der Waals surface area contributed by atoms with Crippen molar-refractivity contribution in [2.24, 2.45) is 0 Å². The predicted molar refractivity (Wildman–Crippen MR) is 103 cm³/mol. The average molecular weight is 427 g/mol. The number of halogens is 4. The Morgan fingerprint density at radius 3 is 2.46 bits per heavy atom. The summed E-state index contributed by atoms with van der Waals surface area (Å²) in [6.45, 7) is 3.26. The fourth-order valence-corrected chi connectivity index (χ4v) is 3.14. The maximum absolute atomic E-state index is 14.2. The summed E-state index contributed by atoms with van der Waals surface area (Å²) in [5.74, 6) is -1.71. The smallest absolute Gasteiger partial charge is 0.288 e. The second kappa shape index (κ2) is 7.73. The first-order valence-electron chi connectivity index (χ1n) is 8.11. The van der Waals surface area contributed by atoms with Crippen LogP contribution in [-0.4, -0.2) is 26.4 Å². The average Bonchev–Trinajstić information content (AvgIpc) is 2.98. The normalized spacial score (nSPS) is 11.1. The van der Waals surface area contributed by atoms with Crippen LogP contribution in [0.2, 0.25) is 10.0 Å². The number of benzene rings is 2. The summed E-state index contributed by atoms with van der Waals surface area (Å²) in [6.07, 6.45) is 1.01. The first-order chi connectivity index (χ1) is 13.2. The quantitative estimate of drug-likeness (QED) is 0.619. The van der Waals surface area contributed by atoms with Crippen LogP contribution >= 0.6 is 23.2 Å². The summed E-state index contributed by atoms with van der Waals surface area (Å²) in [7, 11) is 0.